The van der Waals surface area contributed by atoms with E-state index in [1.807, 2.05) is 31.2 Å². The number of carbonyl (C=O) groups is 2. The number of aryl methyl sites for hydroxylation is 1. The highest BCUT2D eigenvalue weighted by molar-refractivity contribution is 6.02. The minimum absolute atomic E-state index is 0.146. The van der Waals surface area contributed by atoms with Crippen molar-refractivity contribution in [2.75, 3.05) is 5.32 Å². The molecule has 1 aromatic carbocycles. The van der Waals surface area contributed by atoms with Gasteiger partial charge < -0.3 is 10.4 Å². The third-order valence-electron chi connectivity index (χ3n) is 3.66. The molecule has 0 saturated heterocycles. The Bertz CT molecular complexity index is 912. The van der Waals surface area contributed by atoms with Crippen molar-refractivity contribution in [1.29, 1.82) is 0 Å². The molecule has 3 rings (SSSR count). The Balaban J connectivity index is 1.65. The molecular weight excluding hydrogens is 322 g/mol. The molecule has 2 aromatic heterocycles. The zero-order valence-corrected chi connectivity index (χ0v) is 13.6. The number of anilines is 1. The van der Waals surface area contributed by atoms with Crippen LogP contribution in [0.1, 0.15) is 21.6 Å². The summed E-state index contributed by atoms with van der Waals surface area (Å²) in [6.45, 7) is 2.35. The van der Waals surface area contributed by atoms with Crippen LogP contribution in [0.4, 0.5) is 5.69 Å². The van der Waals surface area contributed by atoms with Crippen molar-refractivity contribution in [2.24, 2.45) is 0 Å². The number of aromatic nitrogens is 4. The van der Waals surface area contributed by atoms with Crippen molar-refractivity contribution < 1.29 is 14.7 Å². The van der Waals surface area contributed by atoms with E-state index in [1.165, 1.54) is 22.5 Å². The van der Waals surface area contributed by atoms with Gasteiger partial charge in [0.1, 0.15) is 6.54 Å². The second-order valence-corrected chi connectivity index (χ2v) is 5.60. The van der Waals surface area contributed by atoms with Gasteiger partial charge >= 0.3 is 5.97 Å². The van der Waals surface area contributed by atoms with Crippen LogP contribution in [0.5, 0.6) is 0 Å². The second kappa shape index (κ2) is 7.00. The van der Waals surface area contributed by atoms with Crippen molar-refractivity contribution >= 4 is 17.6 Å². The van der Waals surface area contributed by atoms with Gasteiger partial charge in [0.15, 0.2) is 5.69 Å². The first-order chi connectivity index (χ1) is 12.0. The van der Waals surface area contributed by atoms with Crippen molar-refractivity contribution in [2.45, 2.75) is 20.0 Å². The van der Waals surface area contributed by atoms with Gasteiger partial charge in [-0.05, 0) is 24.1 Å². The first-order valence-corrected chi connectivity index (χ1v) is 7.65. The lowest BCUT2D eigenvalue weighted by Crippen LogP contribution is -2.14. The summed E-state index contributed by atoms with van der Waals surface area (Å²) in [4.78, 5) is 22.8. The van der Waals surface area contributed by atoms with E-state index in [0.717, 1.165) is 5.56 Å². The maximum Gasteiger partial charge on any atom is 0.325 e. The lowest BCUT2D eigenvalue weighted by molar-refractivity contribution is -0.137. The molecule has 0 aliphatic rings. The number of aliphatic carboxylic acids is 1. The number of nitrogens with zero attached hydrogens (tertiary/aromatic N) is 4. The topological polar surface area (TPSA) is 102 Å². The zero-order valence-electron chi connectivity index (χ0n) is 13.6. The third-order valence-corrected chi connectivity index (χ3v) is 3.66. The normalized spacial score (nSPS) is 10.6. The summed E-state index contributed by atoms with van der Waals surface area (Å²) in [5.41, 5.74) is 3.02. The molecule has 3 aromatic rings. The fourth-order valence-electron chi connectivity index (χ4n) is 2.38. The van der Waals surface area contributed by atoms with Gasteiger partial charge in [-0.25, -0.2) is 0 Å². The van der Waals surface area contributed by atoms with Crippen LogP contribution in [0.25, 0.3) is 0 Å². The Kier molecular flexibility index (Phi) is 4.60. The van der Waals surface area contributed by atoms with Crippen molar-refractivity contribution in [3.63, 3.8) is 0 Å². The number of carboxylic acids is 1. The standard InChI is InChI=1S/C17H17N5O3/c1-12-4-2-3-5-13(12)9-22-10-14(8-18-22)19-17(25)15-6-7-21(20-15)11-16(23)24/h2-8,10H,9,11H2,1H3,(H,19,25)(H,23,24). The molecule has 128 valence electrons. The van der Waals surface area contributed by atoms with E-state index in [-0.39, 0.29) is 12.2 Å². The predicted molar refractivity (Wildman–Crippen MR) is 90.3 cm³/mol. The van der Waals surface area contributed by atoms with Gasteiger partial charge in [-0.15, -0.1) is 0 Å². The molecule has 2 N–H and O–H groups in total. The Hall–Kier alpha value is -3.42. The number of nitrogens with one attached hydrogen (secondary N) is 1. The van der Waals surface area contributed by atoms with E-state index in [4.69, 9.17) is 5.11 Å². The fraction of sp³-hybridized carbons (Fsp3) is 0.176. The lowest BCUT2D eigenvalue weighted by atomic mass is 10.1. The summed E-state index contributed by atoms with van der Waals surface area (Å²) in [6, 6.07) is 9.49. The van der Waals surface area contributed by atoms with Gasteiger partial charge in [-0.3, -0.25) is 19.0 Å². The van der Waals surface area contributed by atoms with Gasteiger partial charge in [0.25, 0.3) is 5.91 Å². The van der Waals surface area contributed by atoms with Crippen LogP contribution in [0.2, 0.25) is 0 Å². The molecule has 0 saturated carbocycles. The molecule has 0 aliphatic heterocycles. The summed E-state index contributed by atoms with van der Waals surface area (Å²) >= 11 is 0. The molecule has 0 atom stereocenters. The Labute approximate surface area is 143 Å². The van der Waals surface area contributed by atoms with E-state index in [2.05, 4.69) is 15.5 Å². The molecule has 0 bridgehead atoms. The number of amides is 1. The monoisotopic (exact) mass is 339 g/mol. The van der Waals surface area contributed by atoms with Crippen molar-refractivity contribution in [1.82, 2.24) is 19.6 Å². The summed E-state index contributed by atoms with van der Waals surface area (Å²) < 4.78 is 2.93. The first kappa shape index (κ1) is 16.4. The summed E-state index contributed by atoms with van der Waals surface area (Å²) in [5.74, 6) is -1.44. The highest BCUT2D eigenvalue weighted by Gasteiger charge is 2.12. The van der Waals surface area contributed by atoms with Gasteiger partial charge in [-0.1, -0.05) is 24.3 Å². The lowest BCUT2D eigenvalue weighted by Gasteiger charge is -2.05. The Morgan fingerprint density at radius 2 is 2.00 bits per heavy atom. The van der Waals surface area contributed by atoms with Crippen LogP contribution in [-0.4, -0.2) is 36.5 Å². The van der Waals surface area contributed by atoms with Gasteiger partial charge in [0.05, 0.1) is 18.4 Å². The zero-order chi connectivity index (χ0) is 17.8. The fourth-order valence-corrected chi connectivity index (χ4v) is 2.38. The number of carboxylic acid groups (broad SMARTS) is 1. The average Bonchev–Trinajstić information content (AvgIpc) is 3.19. The second-order valence-electron chi connectivity index (χ2n) is 5.60. The maximum absolute atomic E-state index is 12.2. The number of rotatable bonds is 6. The first-order valence-electron chi connectivity index (χ1n) is 7.65. The number of carbonyl (C=O) groups excluding carboxylic acids is 1. The summed E-state index contributed by atoms with van der Waals surface area (Å²) in [5, 5.41) is 19.6. The third kappa shape index (κ3) is 4.11. The highest BCUT2D eigenvalue weighted by atomic mass is 16.4. The van der Waals surface area contributed by atoms with Crippen LogP contribution in [-0.2, 0) is 17.9 Å². The van der Waals surface area contributed by atoms with Crippen molar-refractivity contribution in [3.05, 3.63) is 65.7 Å². The molecule has 0 fully saturated rings. The minimum atomic E-state index is -1.02. The summed E-state index contributed by atoms with van der Waals surface area (Å²) in [6.07, 6.45) is 4.74. The maximum atomic E-state index is 12.2. The summed E-state index contributed by atoms with van der Waals surface area (Å²) in [7, 11) is 0. The van der Waals surface area contributed by atoms with Gasteiger partial charge in [0, 0.05) is 12.4 Å². The average molecular weight is 339 g/mol. The van der Waals surface area contributed by atoms with E-state index in [1.54, 1.807) is 17.1 Å². The molecule has 8 heteroatoms. The number of hydrogen-bond donors (Lipinski definition) is 2. The molecule has 25 heavy (non-hydrogen) atoms. The number of hydrogen-bond acceptors (Lipinski definition) is 4. The van der Waals surface area contributed by atoms with E-state index in [9.17, 15) is 9.59 Å². The van der Waals surface area contributed by atoms with Crippen LogP contribution < -0.4 is 5.32 Å². The largest absolute Gasteiger partial charge is 0.480 e. The van der Waals surface area contributed by atoms with E-state index >= 15 is 0 Å². The molecule has 2 heterocycles. The molecule has 0 unspecified atom stereocenters. The minimum Gasteiger partial charge on any atom is -0.480 e. The quantitative estimate of drug-likeness (QED) is 0.712. The van der Waals surface area contributed by atoms with Crippen molar-refractivity contribution in [3.8, 4) is 0 Å². The van der Waals surface area contributed by atoms with Crippen LogP contribution in [0, 0.1) is 6.92 Å². The van der Waals surface area contributed by atoms with Gasteiger partial charge in [-0.2, -0.15) is 10.2 Å². The van der Waals surface area contributed by atoms with Crippen LogP contribution >= 0.6 is 0 Å². The van der Waals surface area contributed by atoms with E-state index in [0.29, 0.717) is 12.2 Å². The SMILES string of the molecule is Cc1ccccc1Cn1cc(NC(=O)c2ccn(CC(=O)O)n2)cn1. The molecule has 0 aliphatic carbocycles. The highest BCUT2D eigenvalue weighted by Crippen LogP contribution is 2.12. The molecule has 0 spiro atoms. The smallest absolute Gasteiger partial charge is 0.325 e. The van der Waals surface area contributed by atoms with Crippen LogP contribution in [0.3, 0.4) is 0 Å². The van der Waals surface area contributed by atoms with E-state index < -0.39 is 11.9 Å². The number of benzene rings is 1. The molecular formula is C17H17N5O3. The molecule has 8 nitrogen and oxygen atoms in total. The molecule has 1 amide bonds. The Morgan fingerprint density at radius 1 is 1.20 bits per heavy atom. The predicted octanol–water partition coefficient (Wildman–Crippen LogP) is 1.77. The molecule has 0 radical (unpaired) electrons. The Morgan fingerprint density at radius 3 is 2.76 bits per heavy atom. The van der Waals surface area contributed by atoms with Crippen LogP contribution in [0.15, 0.2) is 48.9 Å². The van der Waals surface area contributed by atoms with Gasteiger partial charge in [0.2, 0.25) is 0 Å².